The van der Waals surface area contributed by atoms with Gasteiger partial charge in [-0.25, -0.2) is 17.8 Å². The maximum Gasteiger partial charge on any atom is 0.410 e. The van der Waals surface area contributed by atoms with Crippen LogP contribution in [0, 0.1) is 9.39 Å². The molecule has 3 rings (SSSR count). The summed E-state index contributed by atoms with van der Waals surface area (Å²) >= 11 is 2.08. The van der Waals surface area contributed by atoms with Crippen molar-refractivity contribution in [2.75, 3.05) is 5.75 Å². The van der Waals surface area contributed by atoms with Gasteiger partial charge in [0.1, 0.15) is 21.9 Å². The van der Waals surface area contributed by atoms with Gasteiger partial charge >= 0.3 is 6.09 Å². The van der Waals surface area contributed by atoms with E-state index < -0.39 is 31.9 Å². The number of nitrogens with zero attached hydrogens (tertiary/aromatic N) is 2. The van der Waals surface area contributed by atoms with Crippen molar-refractivity contribution in [3.8, 4) is 0 Å². The van der Waals surface area contributed by atoms with Crippen LogP contribution in [0.3, 0.4) is 0 Å². The van der Waals surface area contributed by atoms with E-state index in [0.717, 1.165) is 16.4 Å². The van der Waals surface area contributed by atoms with Crippen molar-refractivity contribution in [2.24, 2.45) is 9.36 Å². The molecule has 0 aromatic heterocycles. The molecular weight excluding hydrogens is 472 g/mol. The van der Waals surface area contributed by atoms with Gasteiger partial charge in [-0.05, 0) is 74.4 Å². The first-order valence-corrected chi connectivity index (χ1v) is 11.0. The van der Waals surface area contributed by atoms with E-state index >= 15 is 0 Å². The van der Waals surface area contributed by atoms with Gasteiger partial charge in [0.2, 0.25) is 0 Å². The van der Waals surface area contributed by atoms with Gasteiger partial charge in [-0.1, -0.05) is 0 Å². The zero-order chi connectivity index (χ0) is 19.3. The molecule has 0 saturated heterocycles. The first-order chi connectivity index (χ1) is 12.0. The van der Waals surface area contributed by atoms with E-state index in [1.54, 1.807) is 32.9 Å². The second-order valence-corrected chi connectivity index (χ2v) is 11.5. The fourth-order valence-corrected chi connectivity index (χ4v) is 6.31. The molecule has 1 saturated carbocycles. The molecule has 1 fully saturated rings. The third-order valence-corrected chi connectivity index (χ3v) is 8.85. The van der Waals surface area contributed by atoms with Gasteiger partial charge < -0.3 is 5.11 Å². The third-order valence-electron chi connectivity index (χ3n) is 4.80. The molecule has 0 unspecified atom stereocenters. The quantitative estimate of drug-likeness (QED) is 0.616. The lowest BCUT2D eigenvalue weighted by molar-refractivity contribution is 0.199. The summed E-state index contributed by atoms with van der Waals surface area (Å²) in [5, 5.41) is 11.5. The van der Waals surface area contributed by atoms with Crippen LogP contribution in [0.2, 0.25) is 0 Å². The topological polar surface area (TPSA) is 91.1 Å². The summed E-state index contributed by atoms with van der Waals surface area (Å²) in [6, 6.07) is 4.67. The normalized spacial score (nSPS) is 30.4. The Labute approximate surface area is 166 Å². The molecule has 1 aliphatic heterocycles. The molecule has 1 aromatic carbocycles. The summed E-state index contributed by atoms with van der Waals surface area (Å²) < 4.78 is 32.7. The minimum Gasteiger partial charge on any atom is -0.465 e. The van der Waals surface area contributed by atoms with Crippen molar-refractivity contribution < 1.29 is 18.5 Å². The van der Waals surface area contributed by atoms with Gasteiger partial charge in [-0.3, -0.25) is 10.3 Å². The molecular formula is C17H21FIN3O3S. The van der Waals surface area contributed by atoms with E-state index in [1.807, 2.05) is 0 Å². The van der Waals surface area contributed by atoms with Crippen molar-refractivity contribution in [1.82, 2.24) is 5.32 Å². The number of aliphatic imine (C=N–C) groups is 1. The zero-order valence-corrected chi connectivity index (χ0v) is 17.7. The molecule has 1 aromatic rings. The monoisotopic (exact) mass is 493 g/mol. The molecule has 1 amide bonds. The summed E-state index contributed by atoms with van der Waals surface area (Å²) in [4.78, 5) is 15.8. The lowest BCUT2D eigenvalue weighted by atomic mass is 9.93. The van der Waals surface area contributed by atoms with Crippen LogP contribution in [0.1, 0.15) is 39.2 Å². The number of carbonyl (C=O) groups is 1. The first kappa shape index (κ1) is 19.5. The van der Waals surface area contributed by atoms with Crippen molar-refractivity contribution in [1.29, 1.82) is 0 Å². The van der Waals surface area contributed by atoms with Crippen molar-refractivity contribution in [2.45, 2.75) is 49.9 Å². The lowest BCUT2D eigenvalue weighted by Crippen LogP contribution is -2.57. The number of halogens is 2. The molecule has 0 spiro atoms. The molecule has 2 aliphatic rings. The largest absolute Gasteiger partial charge is 0.465 e. The van der Waals surface area contributed by atoms with E-state index in [1.165, 1.54) is 6.07 Å². The molecule has 1 aliphatic carbocycles. The summed E-state index contributed by atoms with van der Waals surface area (Å²) in [7, 11) is -2.89. The number of nitrogens with one attached hydrogen (secondary N) is 1. The molecule has 2 N–H and O–H groups in total. The molecule has 0 radical (unpaired) electrons. The van der Waals surface area contributed by atoms with Crippen LogP contribution < -0.4 is 5.32 Å². The van der Waals surface area contributed by atoms with Gasteiger partial charge in [0.25, 0.3) is 0 Å². The lowest BCUT2D eigenvalue weighted by Gasteiger charge is -2.41. The van der Waals surface area contributed by atoms with Gasteiger partial charge in [-0.2, -0.15) is 0 Å². The van der Waals surface area contributed by atoms with Gasteiger partial charge in [0.15, 0.2) is 0 Å². The van der Waals surface area contributed by atoms with E-state index in [9.17, 15) is 18.5 Å². The molecule has 2 atom stereocenters. The van der Waals surface area contributed by atoms with Crippen LogP contribution in [-0.4, -0.2) is 37.8 Å². The Kier molecular flexibility index (Phi) is 4.83. The predicted molar refractivity (Wildman–Crippen MR) is 108 cm³/mol. The van der Waals surface area contributed by atoms with E-state index in [4.69, 9.17) is 0 Å². The summed E-state index contributed by atoms with van der Waals surface area (Å²) in [5.41, 5.74) is -0.878. The van der Waals surface area contributed by atoms with Crippen LogP contribution in [0.5, 0.6) is 0 Å². The Bertz CT molecular complexity index is 920. The van der Waals surface area contributed by atoms with Crippen LogP contribution in [0.25, 0.3) is 0 Å². The highest BCUT2D eigenvalue weighted by Crippen LogP contribution is 2.41. The number of amidine groups is 1. The summed E-state index contributed by atoms with van der Waals surface area (Å²) in [6.07, 6.45) is 0.456. The number of hydrogen-bond acceptors (Lipinski definition) is 4. The average molecular weight is 493 g/mol. The standard InChI is InChI=1S/C17H21FIN3O3S/c1-16(2)14(20-15(23)24)21-17(3,9-26(16,25)22-11-5-6-11)12-8-10(19)4-7-13(12)18/h4,7-8,11H,5-6,9H2,1-3H3,(H,20,21)(H,23,24)/t17-,26+/m0/s1. The van der Waals surface area contributed by atoms with Gasteiger partial charge in [0, 0.05) is 9.13 Å². The number of benzene rings is 1. The maximum absolute atomic E-state index is 14.6. The molecule has 0 bridgehead atoms. The molecule has 9 heteroatoms. The highest BCUT2D eigenvalue weighted by Gasteiger charge is 2.50. The molecule has 26 heavy (non-hydrogen) atoms. The second kappa shape index (κ2) is 6.43. The van der Waals surface area contributed by atoms with Crippen LogP contribution in [0.15, 0.2) is 27.6 Å². The fraction of sp³-hybridized carbons (Fsp3) is 0.529. The Morgan fingerprint density at radius 1 is 1.42 bits per heavy atom. The van der Waals surface area contributed by atoms with Gasteiger partial charge in [0.05, 0.1) is 21.5 Å². The smallest absolute Gasteiger partial charge is 0.410 e. The molecule has 142 valence electrons. The van der Waals surface area contributed by atoms with Crippen molar-refractivity contribution >= 4 is 44.2 Å². The van der Waals surface area contributed by atoms with E-state index in [0.29, 0.717) is 5.56 Å². The number of hydrogen-bond donors (Lipinski definition) is 2. The summed E-state index contributed by atoms with van der Waals surface area (Å²) in [5.74, 6) is -0.351. The van der Waals surface area contributed by atoms with Crippen LogP contribution in [-0.2, 0) is 15.3 Å². The number of rotatable bonds is 2. The Hall–Kier alpha value is -1.23. The van der Waals surface area contributed by atoms with Crippen molar-refractivity contribution in [3.05, 3.63) is 33.1 Å². The highest BCUT2D eigenvalue weighted by molar-refractivity contribution is 14.1. The SMILES string of the molecule is CC1(C)C(NC(=O)O)=N[C@](C)(c2cc(I)ccc2F)C[S@]1(=O)=NC1CC1. The van der Waals surface area contributed by atoms with E-state index in [2.05, 4.69) is 37.3 Å². The third kappa shape index (κ3) is 3.47. The van der Waals surface area contributed by atoms with Gasteiger partial charge in [-0.15, -0.1) is 0 Å². The first-order valence-electron chi connectivity index (χ1n) is 8.26. The predicted octanol–water partition coefficient (Wildman–Crippen LogP) is 3.73. The zero-order valence-electron chi connectivity index (χ0n) is 14.8. The highest BCUT2D eigenvalue weighted by atomic mass is 127. The molecule has 1 heterocycles. The minimum absolute atomic E-state index is 0.0240. The Balaban J connectivity index is 2.24. The number of amides is 1. The number of carboxylic acid groups (broad SMARTS) is 1. The average Bonchev–Trinajstić information content (AvgIpc) is 3.30. The maximum atomic E-state index is 14.6. The van der Waals surface area contributed by atoms with Crippen LogP contribution in [0.4, 0.5) is 9.18 Å². The minimum atomic E-state index is -2.89. The second-order valence-electron chi connectivity index (χ2n) is 7.42. The van der Waals surface area contributed by atoms with E-state index in [-0.39, 0.29) is 17.6 Å². The fourth-order valence-electron chi connectivity index (χ4n) is 3.04. The Morgan fingerprint density at radius 3 is 2.65 bits per heavy atom. The Morgan fingerprint density at radius 2 is 2.08 bits per heavy atom. The van der Waals surface area contributed by atoms with Crippen molar-refractivity contribution in [3.63, 3.8) is 0 Å². The van der Waals surface area contributed by atoms with Crippen LogP contribution >= 0.6 is 22.6 Å². The molecule has 6 nitrogen and oxygen atoms in total. The summed E-state index contributed by atoms with van der Waals surface area (Å²) in [6.45, 7) is 5.05.